The van der Waals surface area contributed by atoms with E-state index in [1.807, 2.05) is 13.0 Å². The zero-order chi connectivity index (χ0) is 10.1. The van der Waals surface area contributed by atoms with Gasteiger partial charge in [0.2, 0.25) is 0 Å². The molecule has 0 saturated heterocycles. The Balaban J connectivity index is 2.64. The van der Waals surface area contributed by atoms with E-state index in [1.165, 1.54) is 15.2 Å². The molecule has 0 aliphatic rings. The summed E-state index contributed by atoms with van der Waals surface area (Å²) < 4.78 is 14.4. The van der Waals surface area contributed by atoms with Gasteiger partial charge in [-0.3, -0.25) is 0 Å². The van der Waals surface area contributed by atoms with Crippen molar-refractivity contribution >= 4 is 24.1 Å². The van der Waals surface area contributed by atoms with Crippen molar-refractivity contribution in [2.75, 3.05) is 6.54 Å². The summed E-state index contributed by atoms with van der Waals surface area (Å²) in [5.41, 5.74) is 7.63. The summed E-state index contributed by atoms with van der Waals surface area (Å²) in [7, 11) is 0. The molecular weight excluding hydrogens is 244 g/mol. The third-order valence-electron chi connectivity index (χ3n) is 2.42. The van der Waals surface area contributed by atoms with E-state index in [0.717, 1.165) is 12.0 Å². The van der Waals surface area contributed by atoms with Crippen LogP contribution >= 0.6 is 0 Å². The molecule has 0 unspecified atom stereocenters. The number of rotatable bonds is 2. The van der Waals surface area contributed by atoms with E-state index >= 15 is 0 Å². The van der Waals surface area contributed by atoms with Crippen LogP contribution in [0.25, 0.3) is 9.65 Å². The van der Waals surface area contributed by atoms with E-state index in [-0.39, 0.29) is 5.82 Å². The van der Waals surface area contributed by atoms with Crippen LogP contribution in [-0.4, -0.2) is 21.0 Å². The van der Waals surface area contributed by atoms with Crippen molar-refractivity contribution in [1.82, 2.24) is 0 Å². The van der Waals surface area contributed by atoms with Gasteiger partial charge in [-0.1, -0.05) is 0 Å². The van der Waals surface area contributed by atoms with E-state index < -0.39 is 0 Å². The summed E-state index contributed by atoms with van der Waals surface area (Å²) in [6, 6.07) is 3.44. The normalized spacial score (nSPS) is 11.1. The molecule has 0 bridgehead atoms. The Morgan fingerprint density at radius 1 is 1.43 bits per heavy atom. The van der Waals surface area contributed by atoms with Gasteiger partial charge in [-0.05, 0) is 0 Å². The third-order valence-corrected chi connectivity index (χ3v) is 4.86. The quantitative estimate of drug-likeness (QED) is 0.815. The summed E-state index contributed by atoms with van der Waals surface area (Å²) in [5, 5.41) is 1.22. The van der Waals surface area contributed by atoms with E-state index in [0.29, 0.717) is 21.0 Å². The Bertz CT molecular complexity index is 462. The van der Waals surface area contributed by atoms with Gasteiger partial charge in [0.15, 0.2) is 0 Å². The van der Waals surface area contributed by atoms with Crippen LogP contribution in [0, 0.1) is 12.7 Å². The van der Waals surface area contributed by atoms with Crippen LogP contribution in [0.3, 0.4) is 0 Å². The molecule has 1 aromatic carbocycles. The standard InChI is InChI=1S/C11H12FNSe/c1-7-10(12)3-2-9-8(4-5-13)6-14-11(7)9/h2-3,6H,4-5,13H2,1H3. The molecule has 2 N–H and O–H groups in total. The van der Waals surface area contributed by atoms with Crippen molar-refractivity contribution in [3.05, 3.63) is 34.0 Å². The van der Waals surface area contributed by atoms with Gasteiger partial charge < -0.3 is 0 Å². The minimum atomic E-state index is -0.0898. The Hall–Kier alpha value is -0.631. The molecule has 0 aliphatic heterocycles. The number of fused-ring (bicyclic) bond motifs is 1. The molecule has 0 amide bonds. The first-order valence-electron chi connectivity index (χ1n) is 4.59. The summed E-state index contributed by atoms with van der Waals surface area (Å²) in [6.45, 7) is 2.52. The van der Waals surface area contributed by atoms with E-state index in [1.54, 1.807) is 6.07 Å². The second kappa shape index (κ2) is 3.85. The first-order chi connectivity index (χ1) is 6.74. The maximum atomic E-state index is 13.2. The molecule has 0 fully saturated rings. The molecule has 1 nitrogen and oxygen atoms in total. The molecule has 0 aliphatic carbocycles. The molecule has 74 valence electrons. The van der Waals surface area contributed by atoms with Crippen LogP contribution in [0.1, 0.15) is 11.1 Å². The molecule has 1 aromatic heterocycles. The van der Waals surface area contributed by atoms with Gasteiger partial charge >= 0.3 is 88.2 Å². The summed E-state index contributed by atoms with van der Waals surface area (Å²) in [6.07, 6.45) is 0.903. The Kier molecular flexibility index (Phi) is 2.73. The first-order valence-corrected chi connectivity index (χ1v) is 6.44. The summed E-state index contributed by atoms with van der Waals surface area (Å²) in [5.74, 6) is -0.0898. The third kappa shape index (κ3) is 1.52. The van der Waals surface area contributed by atoms with Crippen LogP contribution in [0.2, 0.25) is 0 Å². The molecule has 3 heteroatoms. The molecule has 14 heavy (non-hydrogen) atoms. The van der Waals surface area contributed by atoms with Crippen LogP contribution < -0.4 is 5.73 Å². The Labute approximate surface area is 88.5 Å². The van der Waals surface area contributed by atoms with Crippen LogP contribution in [0.15, 0.2) is 17.1 Å². The van der Waals surface area contributed by atoms with Gasteiger partial charge in [-0.2, -0.15) is 0 Å². The number of aryl methyl sites for hydroxylation is 1. The average Bonchev–Trinajstić information content (AvgIpc) is 2.57. The van der Waals surface area contributed by atoms with Crippen molar-refractivity contribution in [3.63, 3.8) is 0 Å². The molecular formula is C11H12FNSe. The van der Waals surface area contributed by atoms with Crippen molar-refractivity contribution < 1.29 is 4.39 Å². The van der Waals surface area contributed by atoms with Gasteiger partial charge in [0, 0.05) is 0 Å². The van der Waals surface area contributed by atoms with Gasteiger partial charge in [-0.15, -0.1) is 0 Å². The molecule has 1 heterocycles. The molecule has 0 atom stereocenters. The monoisotopic (exact) mass is 257 g/mol. The molecule has 0 spiro atoms. The van der Waals surface area contributed by atoms with E-state index in [9.17, 15) is 4.39 Å². The molecule has 0 radical (unpaired) electrons. The fourth-order valence-corrected chi connectivity index (χ4v) is 3.93. The first kappa shape index (κ1) is 9.91. The van der Waals surface area contributed by atoms with Crippen molar-refractivity contribution in [2.45, 2.75) is 13.3 Å². The minimum absolute atomic E-state index is 0.0898. The van der Waals surface area contributed by atoms with Crippen LogP contribution in [0.5, 0.6) is 0 Å². The zero-order valence-corrected chi connectivity index (χ0v) is 9.72. The maximum absolute atomic E-state index is 13.2. The predicted molar refractivity (Wildman–Crippen MR) is 58.3 cm³/mol. The van der Waals surface area contributed by atoms with Gasteiger partial charge in [0.25, 0.3) is 0 Å². The van der Waals surface area contributed by atoms with Crippen LogP contribution in [-0.2, 0) is 6.42 Å². The fourth-order valence-electron chi connectivity index (χ4n) is 1.62. The number of halogens is 1. The molecule has 2 aromatic rings. The van der Waals surface area contributed by atoms with E-state index in [2.05, 4.69) is 4.94 Å². The second-order valence-corrected chi connectivity index (χ2v) is 5.19. The topological polar surface area (TPSA) is 26.0 Å². The molecule has 0 saturated carbocycles. The van der Waals surface area contributed by atoms with Crippen LogP contribution in [0.4, 0.5) is 4.39 Å². The average molecular weight is 256 g/mol. The van der Waals surface area contributed by atoms with Gasteiger partial charge in [-0.25, -0.2) is 0 Å². The SMILES string of the molecule is Cc1c(F)ccc2c(CCN)c[se]c12. The number of benzene rings is 1. The van der Waals surface area contributed by atoms with E-state index in [4.69, 9.17) is 5.73 Å². The summed E-state index contributed by atoms with van der Waals surface area (Å²) in [4.78, 5) is 2.22. The summed E-state index contributed by atoms with van der Waals surface area (Å²) >= 11 is 0.298. The molecule has 2 rings (SSSR count). The predicted octanol–water partition coefficient (Wildman–Crippen LogP) is 1.85. The van der Waals surface area contributed by atoms with Gasteiger partial charge in [0.1, 0.15) is 0 Å². The van der Waals surface area contributed by atoms with Gasteiger partial charge in [0.05, 0.1) is 0 Å². The number of hydrogen-bond acceptors (Lipinski definition) is 1. The van der Waals surface area contributed by atoms with Crippen molar-refractivity contribution in [3.8, 4) is 0 Å². The number of hydrogen-bond donors (Lipinski definition) is 1. The Morgan fingerprint density at radius 2 is 2.21 bits per heavy atom. The number of nitrogens with two attached hydrogens (primary N) is 1. The van der Waals surface area contributed by atoms with Crippen molar-refractivity contribution in [2.24, 2.45) is 5.73 Å². The Morgan fingerprint density at radius 3 is 2.93 bits per heavy atom. The van der Waals surface area contributed by atoms with Crippen molar-refractivity contribution in [1.29, 1.82) is 0 Å². The fraction of sp³-hybridized carbons (Fsp3) is 0.273. The second-order valence-electron chi connectivity index (χ2n) is 3.35. The zero-order valence-electron chi connectivity index (χ0n) is 8.01.